The average Bonchev–Trinajstić information content (AvgIpc) is 3.24. The van der Waals surface area contributed by atoms with Crippen molar-refractivity contribution >= 4 is 22.6 Å². The smallest absolute Gasteiger partial charge is 0.319 e. The Hall–Kier alpha value is -3.03. The third-order valence-corrected chi connectivity index (χ3v) is 7.23. The lowest BCUT2D eigenvalue weighted by atomic mass is 9.93. The molecule has 0 aliphatic carbocycles. The molecule has 0 bridgehead atoms. The van der Waals surface area contributed by atoms with Crippen LogP contribution in [-0.2, 0) is 12.8 Å². The van der Waals surface area contributed by atoms with E-state index < -0.39 is 0 Å². The number of H-pyrrole nitrogens is 1. The highest BCUT2D eigenvalue weighted by atomic mass is 16.3. The number of likely N-dealkylation sites (N-methyl/N-ethyl adjacent to an activating group) is 1. The van der Waals surface area contributed by atoms with Crippen molar-refractivity contribution in [3.8, 4) is 5.75 Å². The van der Waals surface area contributed by atoms with Crippen molar-refractivity contribution in [3.05, 3.63) is 59.3 Å². The minimum Gasteiger partial charge on any atom is -0.508 e. The third-order valence-electron chi connectivity index (χ3n) is 7.23. The molecular formula is C28H40N5O2+. The summed E-state index contributed by atoms with van der Waals surface area (Å²) < 4.78 is 1.06. The maximum absolute atomic E-state index is 12.8. The van der Waals surface area contributed by atoms with Crippen LogP contribution >= 0.6 is 0 Å². The third kappa shape index (κ3) is 6.35. The number of carbonyl (C=O) groups excluding carboxylic acids is 1. The molecule has 188 valence electrons. The van der Waals surface area contributed by atoms with Gasteiger partial charge in [-0.3, -0.25) is 4.90 Å². The Morgan fingerprint density at radius 2 is 1.89 bits per heavy atom. The number of aromatic nitrogens is 1. The van der Waals surface area contributed by atoms with Crippen LogP contribution in [0, 0.1) is 0 Å². The summed E-state index contributed by atoms with van der Waals surface area (Å²) in [5.74, 6) is 0.277. The van der Waals surface area contributed by atoms with Gasteiger partial charge in [0.15, 0.2) is 0 Å². The Labute approximate surface area is 208 Å². The summed E-state index contributed by atoms with van der Waals surface area (Å²) in [6.45, 7) is 8.03. The lowest BCUT2D eigenvalue weighted by Gasteiger charge is -2.39. The van der Waals surface area contributed by atoms with Gasteiger partial charge in [-0.05, 0) is 42.2 Å². The summed E-state index contributed by atoms with van der Waals surface area (Å²) in [7, 11) is 4.53. The number of rotatable bonds is 9. The van der Waals surface area contributed by atoms with Crippen LogP contribution in [0.15, 0.2) is 42.6 Å². The molecule has 1 aromatic heterocycles. The molecule has 7 heteroatoms. The van der Waals surface area contributed by atoms with Gasteiger partial charge in [0.2, 0.25) is 0 Å². The van der Waals surface area contributed by atoms with Crippen LogP contribution in [0.2, 0.25) is 0 Å². The van der Waals surface area contributed by atoms with Gasteiger partial charge >= 0.3 is 6.03 Å². The zero-order chi connectivity index (χ0) is 24.8. The predicted molar refractivity (Wildman–Crippen MR) is 143 cm³/mol. The first-order chi connectivity index (χ1) is 16.9. The number of urea groups is 1. The van der Waals surface area contributed by atoms with Crippen LogP contribution in [0.4, 0.5) is 10.5 Å². The topological polar surface area (TPSA) is 80.4 Å². The number of piperazine rings is 1. The van der Waals surface area contributed by atoms with Gasteiger partial charge in [0.05, 0.1) is 27.2 Å². The number of benzene rings is 2. The summed E-state index contributed by atoms with van der Waals surface area (Å²) in [6, 6.07) is 11.5. The fourth-order valence-electron chi connectivity index (χ4n) is 4.87. The summed E-state index contributed by atoms with van der Waals surface area (Å²) in [4.78, 5) is 18.5. The molecule has 2 heterocycles. The van der Waals surface area contributed by atoms with E-state index in [0.29, 0.717) is 13.0 Å². The van der Waals surface area contributed by atoms with Gasteiger partial charge in [0.25, 0.3) is 0 Å². The Bertz CT molecular complexity index is 1140. The van der Waals surface area contributed by atoms with Crippen molar-refractivity contribution in [2.45, 2.75) is 32.6 Å². The van der Waals surface area contributed by atoms with E-state index >= 15 is 0 Å². The summed E-state index contributed by atoms with van der Waals surface area (Å²) >= 11 is 0. The molecule has 0 atom stereocenters. The fourth-order valence-corrected chi connectivity index (χ4v) is 4.87. The Morgan fingerprint density at radius 3 is 2.66 bits per heavy atom. The van der Waals surface area contributed by atoms with E-state index in [4.69, 9.17) is 0 Å². The number of aromatic amines is 1. The molecule has 35 heavy (non-hydrogen) atoms. The number of aromatic hydroxyl groups is 1. The zero-order valence-electron chi connectivity index (χ0n) is 21.4. The van der Waals surface area contributed by atoms with Crippen molar-refractivity contribution < 1.29 is 14.4 Å². The monoisotopic (exact) mass is 478 g/mol. The van der Waals surface area contributed by atoms with Crippen LogP contribution in [-0.4, -0.2) is 78.9 Å². The van der Waals surface area contributed by atoms with Crippen LogP contribution in [0.5, 0.6) is 5.75 Å². The Balaban J connectivity index is 1.44. The number of phenolic OH excluding ortho intramolecular Hbond substituents is 1. The highest BCUT2D eigenvalue weighted by Crippen LogP contribution is 2.33. The van der Waals surface area contributed by atoms with Crippen molar-refractivity contribution in [2.24, 2.45) is 0 Å². The first kappa shape index (κ1) is 25.1. The van der Waals surface area contributed by atoms with E-state index in [-0.39, 0.29) is 11.8 Å². The SMILES string of the molecule is CCCCc1c(NC(=O)NCCN2CC[N+](C)(C)CC2)ccc(O)c1Cc1c[nH]c2ccccc12. The molecule has 0 radical (unpaired) electrons. The number of anilines is 1. The molecule has 2 amide bonds. The molecular weight excluding hydrogens is 438 g/mol. The minimum absolute atomic E-state index is 0.195. The number of nitrogens with one attached hydrogen (secondary N) is 3. The number of para-hydroxylation sites is 1. The molecule has 0 saturated carbocycles. The summed E-state index contributed by atoms with van der Waals surface area (Å²) in [5.41, 5.74) is 4.90. The fraction of sp³-hybridized carbons (Fsp3) is 0.464. The van der Waals surface area contributed by atoms with Crippen LogP contribution in [0.1, 0.15) is 36.5 Å². The highest BCUT2D eigenvalue weighted by molar-refractivity contribution is 5.91. The molecule has 0 spiro atoms. The summed E-state index contributed by atoms with van der Waals surface area (Å²) in [5, 5.41) is 18.0. The van der Waals surface area contributed by atoms with Gasteiger partial charge in [-0.25, -0.2) is 4.79 Å². The Kier molecular flexibility index (Phi) is 7.98. The number of phenols is 1. The molecule has 7 nitrogen and oxygen atoms in total. The number of hydrogen-bond acceptors (Lipinski definition) is 3. The number of fused-ring (bicyclic) bond motifs is 1. The minimum atomic E-state index is -0.195. The largest absolute Gasteiger partial charge is 0.508 e. The van der Waals surface area contributed by atoms with Gasteiger partial charge in [0, 0.05) is 61.0 Å². The number of carbonyl (C=O) groups is 1. The molecule has 1 aliphatic heterocycles. The van der Waals surface area contributed by atoms with Gasteiger partial charge in [-0.1, -0.05) is 31.5 Å². The molecule has 4 N–H and O–H groups in total. The first-order valence-electron chi connectivity index (χ1n) is 12.8. The average molecular weight is 479 g/mol. The molecule has 4 rings (SSSR count). The normalized spacial score (nSPS) is 15.9. The van der Waals surface area contributed by atoms with E-state index in [9.17, 15) is 9.90 Å². The first-order valence-corrected chi connectivity index (χ1v) is 12.8. The second-order valence-corrected chi connectivity index (χ2v) is 10.3. The van der Waals surface area contributed by atoms with Gasteiger partial charge in [-0.2, -0.15) is 0 Å². The van der Waals surface area contributed by atoms with E-state index in [0.717, 1.165) is 89.7 Å². The molecule has 1 fully saturated rings. The van der Waals surface area contributed by atoms with Crippen LogP contribution < -0.4 is 10.6 Å². The van der Waals surface area contributed by atoms with Crippen molar-refractivity contribution in [1.29, 1.82) is 0 Å². The van der Waals surface area contributed by atoms with Crippen molar-refractivity contribution in [3.63, 3.8) is 0 Å². The quantitative estimate of drug-likeness (QED) is 0.273. The van der Waals surface area contributed by atoms with Gasteiger partial charge in [-0.15, -0.1) is 0 Å². The molecule has 2 aromatic carbocycles. The standard InChI is InChI=1S/C28H39N5O2/c1-4-5-8-23-24(19-21-20-30-25-10-7-6-9-22(21)25)27(34)12-11-26(23)31-28(35)29-13-14-32-15-17-33(2,3)18-16-32/h6-7,9-12,20,30H,4-5,8,13-19H2,1-3H3,(H2-,29,31,34,35)/p+1. The number of amides is 2. The summed E-state index contributed by atoms with van der Waals surface area (Å²) in [6.07, 6.45) is 5.46. The Morgan fingerprint density at radius 1 is 1.11 bits per heavy atom. The van der Waals surface area contributed by atoms with Crippen LogP contribution in [0.25, 0.3) is 10.9 Å². The van der Waals surface area contributed by atoms with E-state index in [1.165, 1.54) is 0 Å². The molecule has 1 saturated heterocycles. The van der Waals surface area contributed by atoms with Gasteiger partial charge < -0.3 is 25.2 Å². The second-order valence-electron chi connectivity index (χ2n) is 10.3. The van der Waals surface area contributed by atoms with Gasteiger partial charge in [0.1, 0.15) is 5.75 Å². The van der Waals surface area contributed by atoms with Crippen molar-refractivity contribution in [2.75, 3.05) is 58.7 Å². The molecule has 0 unspecified atom stereocenters. The second kappa shape index (κ2) is 11.1. The maximum atomic E-state index is 12.8. The number of quaternary nitrogens is 1. The van der Waals surface area contributed by atoms with E-state index in [1.54, 1.807) is 6.07 Å². The van der Waals surface area contributed by atoms with E-state index in [1.807, 2.05) is 24.4 Å². The lowest BCUT2D eigenvalue weighted by molar-refractivity contribution is -0.894. The number of nitrogens with zero attached hydrogens (tertiary/aromatic N) is 2. The zero-order valence-corrected chi connectivity index (χ0v) is 21.4. The maximum Gasteiger partial charge on any atom is 0.319 e. The lowest BCUT2D eigenvalue weighted by Crippen LogP contribution is -2.55. The highest BCUT2D eigenvalue weighted by Gasteiger charge is 2.24. The van der Waals surface area contributed by atoms with Crippen LogP contribution in [0.3, 0.4) is 0 Å². The number of hydrogen-bond donors (Lipinski definition) is 4. The van der Waals surface area contributed by atoms with Crippen molar-refractivity contribution in [1.82, 2.24) is 15.2 Å². The predicted octanol–water partition coefficient (Wildman–Crippen LogP) is 4.32. The molecule has 3 aromatic rings. The number of unbranched alkanes of at least 4 members (excludes halogenated alkanes) is 1. The van der Waals surface area contributed by atoms with E-state index in [2.05, 4.69) is 53.7 Å². The molecule has 1 aliphatic rings.